The molecule has 1 N–H and O–H groups in total. The molecule has 1 aliphatic carbocycles. The van der Waals surface area contributed by atoms with Crippen molar-refractivity contribution in [2.75, 3.05) is 13.1 Å². The summed E-state index contributed by atoms with van der Waals surface area (Å²) in [4.78, 5) is 0. The lowest BCUT2D eigenvalue weighted by Gasteiger charge is -2.36. The topological polar surface area (TPSA) is 12.0 Å². The molecule has 0 spiro atoms. The normalized spacial score (nSPS) is 30.1. The lowest BCUT2D eigenvalue weighted by molar-refractivity contribution is 0.219. The molecule has 1 heterocycles. The zero-order chi connectivity index (χ0) is 14.0. The summed E-state index contributed by atoms with van der Waals surface area (Å²) in [6.45, 7) is 7.24. The van der Waals surface area contributed by atoms with Crippen LogP contribution in [0.25, 0.3) is 0 Å². The molecular weight excluding hydrogens is 242 g/mol. The van der Waals surface area contributed by atoms with Gasteiger partial charge in [-0.05, 0) is 67.0 Å². The first-order chi connectivity index (χ1) is 9.64. The molecule has 3 rings (SSSR count). The predicted molar refractivity (Wildman–Crippen MR) is 86.3 cm³/mol. The van der Waals surface area contributed by atoms with Crippen molar-refractivity contribution in [3.05, 3.63) is 35.4 Å². The van der Waals surface area contributed by atoms with Gasteiger partial charge in [-0.3, -0.25) is 0 Å². The Labute approximate surface area is 124 Å². The van der Waals surface area contributed by atoms with E-state index >= 15 is 0 Å². The Balaban J connectivity index is 1.76. The van der Waals surface area contributed by atoms with Crippen LogP contribution >= 0.6 is 0 Å². The van der Waals surface area contributed by atoms with Crippen LogP contribution in [0.4, 0.5) is 0 Å². The molecule has 1 aliphatic heterocycles. The Kier molecular flexibility index (Phi) is 4.16. The fraction of sp³-hybridized carbons (Fsp3) is 0.684. The van der Waals surface area contributed by atoms with E-state index in [1.54, 1.807) is 11.1 Å². The second kappa shape index (κ2) is 5.89. The number of hydrogen-bond donors (Lipinski definition) is 1. The largest absolute Gasteiger partial charge is 0.316 e. The molecular formula is C19H29N. The highest BCUT2D eigenvalue weighted by Gasteiger charge is 2.29. The number of nitrogens with one attached hydrogen (secondary N) is 1. The number of hydrogen-bond acceptors (Lipinski definition) is 1. The first-order valence-corrected chi connectivity index (χ1v) is 8.45. The number of benzene rings is 1. The summed E-state index contributed by atoms with van der Waals surface area (Å²) in [5.41, 5.74) is 3.70. The zero-order valence-electron chi connectivity index (χ0n) is 13.1. The van der Waals surface area contributed by atoms with E-state index in [2.05, 4.69) is 43.4 Å². The van der Waals surface area contributed by atoms with Gasteiger partial charge in [0.1, 0.15) is 0 Å². The van der Waals surface area contributed by atoms with Gasteiger partial charge in [0, 0.05) is 6.54 Å². The van der Waals surface area contributed by atoms with Crippen LogP contribution in [0.15, 0.2) is 24.3 Å². The first kappa shape index (κ1) is 14.1. The van der Waals surface area contributed by atoms with Crippen molar-refractivity contribution in [3.63, 3.8) is 0 Å². The maximum atomic E-state index is 3.55. The van der Waals surface area contributed by atoms with Crippen molar-refractivity contribution < 1.29 is 0 Å². The van der Waals surface area contributed by atoms with Crippen molar-refractivity contribution in [3.8, 4) is 0 Å². The van der Waals surface area contributed by atoms with Crippen molar-refractivity contribution in [1.82, 2.24) is 5.32 Å². The Morgan fingerprint density at radius 2 is 1.80 bits per heavy atom. The summed E-state index contributed by atoms with van der Waals surface area (Å²) in [6.07, 6.45) is 8.22. The van der Waals surface area contributed by atoms with Crippen LogP contribution in [0.1, 0.15) is 75.3 Å². The molecule has 0 aromatic heterocycles. The first-order valence-electron chi connectivity index (χ1n) is 8.45. The van der Waals surface area contributed by atoms with Crippen LogP contribution in [-0.4, -0.2) is 13.1 Å². The molecule has 1 aromatic rings. The summed E-state index contributed by atoms with van der Waals surface area (Å²) in [7, 11) is 0. The standard InChI is InChI=1S/C19H29N/c1-19(2)10-4-8-17(13-19)15-6-3-7-16(12-15)18-9-5-11-20-14-18/h3,6-7,12,17-18,20H,4-5,8-11,13-14H2,1-2H3. The zero-order valence-corrected chi connectivity index (χ0v) is 13.1. The van der Waals surface area contributed by atoms with Gasteiger partial charge in [0.15, 0.2) is 0 Å². The Morgan fingerprint density at radius 1 is 1.05 bits per heavy atom. The van der Waals surface area contributed by atoms with Crippen LogP contribution in [0.5, 0.6) is 0 Å². The van der Waals surface area contributed by atoms with Crippen LogP contribution in [-0.2, 0) is 0 Å². The average Bonchev–Trinajstić information content (AvgIpc) is 2.47. The van der Waals surface area contributed by atoms with E-state index in [0.29, 0.717) is 5.41 Å². The quantitative estimate of drug-likeness (QED) is 0.811. The lowest BCUT2D eigenvalue weighted by atomic mass is 9.70. The maximum Gasteiger partial charge on any atom is 0.00201 e. The van der Waals surface area contributed by atoms with Crippen molar-refractivity contribution in [2.45, 2.75) is 64.2 Å². The van der Waals surface area contributed by atoms with Gasteiger partial charge < -0.3 is 5.32 Å². The molecule has 2 unspecified atom stereocenters. The summed E-state index contributed by atoms with van der Waals surface area (Å²) in [5.74, 6) is 1.52. The van der Waals surface area contributed by atoms with Gasteiger partial charge in [-0.25, -0.2) is 0 Å². The summed E-state index contributed by atoms with van der Waals surface area (Å²) >= 11 is 0. The minimum atomic E-state index is 0.533. The molecule has 0 radical (unpaired) electrons. The fourth-order valence-electron chi connectivity index (χ4n) is 4.19. The van der Waals surface area contributed by atoms with Gasteiger partial charge in [-0.2, -0.15) is 0 Å². The highest BCUT2D eigenvalue weighted by molar-refractivity contribution is 5.30. The molecule has 0 bridgehead atoms. The molecule has 1 saturated carbocycles. The third-order valence-corrected chi connectivity index (χ3v) is 5.36. The second-order valence-electron chi connectivity index (χ2n) is 7.67. The summed E-state index contributed by atoms with van der Waals surface area (Å²) < 4.78 is 0. The molecule has 110 valence electrons. The minimum Gasteiger partial charge on any atom is -0.316 e. The van der Waals surface area contributed by atoms with E-state index < -0.39 is 0 Å². The Bertz CT molecular complexity index is 443. The lowest BCUT2D eigenvalue weighted by Crippen LogP contribution is -2.28. The van der Waals surface area contributed by atoms with Crippen LogP contribution in [0, 0.1) is 5.41 Å². The van der Waals surface area contributed by atoms with Gasteiger partial charge in [0.2, 0.25) is 0 Å². The maximum absolute atomic E-state index is 3.55. The van der Waals surface area contributed by atoms with E-state index in [-0.39, 0.29) is 0 Å². The van der Waals surface area contributed by atoms with E-state index in [1.165, 1.54) is 51.6 Å². The fourth-order valence-corrected chi connectivity index (χ4v) is 4.19. The van der Waals surface area contributed by atoms with Gasteiger partial charge in [0.25, 0.3) is 0 Å². The highest BCUT2D eigenvalue weighted by atomic mass is 14.9. The van der Waals surface area contributed by atoms with Crippen molar-refractivity contribution in [2.24, 2.45) is 5.41 Å². The smallest absolute Gasteiger partial charge is 0.00201 e. The minimum absolute atomic E-state index is 0.533. The molecule has 1 heteroatoms. The van der Waals surface area contributed by atoms with Gasteiger partial charge in [0.05, 0.1) is 0 Å². The Hall–Kier alpha value is -0.820. The Morgan fingerprint density at radius 3 is 2.50 bits per heavy atom. The molecule has 2 aliphatic rings. The van der Waals surface area contributed by atoms with Crippen LogP contribution in [0.3, 0.4) is 0 Å². The van der Waals surface area contributed by atoms with Gasteiger partial charge in [-0.15, -0.1) is 0 Å². The second-order valence-corrected chi connectivity index (χ2v) is 7.67. The van der Waals surface area contributed by atoms with E-state index in [9.17, 15) is 0 Å². The van der Waals surface area contributed by atoms with Crippen molar-refractivity contribution >= 4 is 0 Å². The third kappa shape index (κ3) is 3.25. The highest BCUT2D eigenvalue weighted by Crippen LogP contribution is 2.43. The average molecular weight is 271 g/mol. The van der Waals surface area contributed by atoms with Gasteiger partial charge in [-0.1, -0.05) is 44.5 Å². The molecule has 0 amide bonds. The van der Waals surface area contributed by atoms with Crippen LogP contribution in [0.2, 0.25) is 0 Å². The number of piperidine rings is 1. The monoisotopic (exact) mass is 271 g/mol. The SMILES string of the molecule is CC1(C)CCCC(c2cccc(C3CCCNC3)c2)C1. The number of rotatable bonds is 2. The molecule has 2 fully saturated rings. The molecule has 2 atom stereocenters. The van der Waals surface area contributed by atoms with Crippen molar-refractivity contribution in [1.29, 1.82) is 0 Å². The molecule has 1 aromatic carbocycles. The molecule has 1 saturated heterocycles. The third-order valence-electron chi connectivity index (χ3n) is 5.36. The van der Waals surface area contributed by atoms with E-state index in [4.69, 9.17) is 0 Å². The molecule has 1 nitrogen and oxygen atoms in total. The molecule has 20 heavy (non-hydrogen) atoms. The van der Waals surface area contributed by atoms with E-state index in [0.717, 1.165) is 11.8 Å². The van der Waals surface area contributed by atoms with Crippen LogP contribution < -0.4 is 5.32 Å². The van der Waals surface area contributed by atoms with Gasteiger partial charge >= 0.3 is 0 Å². The summed E-state index contributed by atoms with van der Waals surface area (Å²) in [6, 6.07) is 9.52. The van der Waals surface area contributed by atoms with E-state index in [1.807, 2.05) is 0 Å². The summed E-state index contributed by atoms with van der Waals surface area (Å²) in [5, 5.41) is 3.55. The predicted octanol–water partition coefficient (Wildman–Crippen LogP) is 4.84.